The molecule has 0 radical (unpaired) electrons. The van der Waals surface area contributed by atoms with Gasteiger partial charge in [-0.1, -0.05) is 32.0 Å². The van der Waals surface area contributed by atoms with Gasteiger partial charge in [0.25, 0.3) is 0 Å². The Hall–Kier alpha value is -1.77. The van der Waals surface area contributed by atoms with Crippen molar-refractivity contribution < 1.29 is 4.74 Å². The minimum Gasteiger partial charge on any atom is -0.493 e. The lowest BCUT2D eigenvalue weighted by Gasteiger charge is -2.15. The van der Waals surface area contributed by atoms with Gasteiger partial charge in [-0.2, -0.15) is 0 Å². The van der Waals surface area contributed by atoms with E-state index in [0.29, 0.717) is 5.92 Å². The molecule has 0 saturated heterocycles. The Labute approximate surface area is 115 Å². The van der Waals surface area contributed by atoms with Gasteiger partial charge in [0, 0.05) is 18.9 Å². The molecule has 0 fully saturated rings. The number of hydrogen-bond donors (Lipinski definition) is 0. The summed E-state index contributed by atoms with van der Waals surface area (Å²) < 4.78 is 8.00. The van der Waals surface area contributed by atoms with Gasteiger partial charge < -0.3 is 9.30 Å². The summed E-state index contributed by atoms with van der Waals surface area (Å²) in [6, 6.07) is 8.36. The monoisotopic (exact) mass is 258 g/mol. The van der Waals surface area contributed by atoms with Crippen LogP contribution in [0.2, 0.25) is 0 Å². The molecule has 0 amide bonds. The zero-order valence-corrected chi connectivity index (χ0v) is 11.7. The number of ether oxygens (including phenoxy) is 1. The van der Waals surface area contributed by atoms with Crippen LogP contribution in [0.3, 0.4) is 0 Å². The molecular formula is C16H22N2O. The second kappa shape index (κ2) is 6.98. The highest BCUT2D eigenvalue weighted by Gasteiger charge is 2.08. The van der Waals surface area contributed by atoms with Gasteiger partial charge >= 0.3 is 0 Å². The first-order valence-electron chi connectivity index (χ1n) is 6.98. The van der Waals surface area contributed by atoms with E-state index in [0.717, 1.165) is 31.7 Å². The molecule has 0 N–H and O–H groups in total. The predicted octanol–water partition coefficient (Wildman–Crippen LogP) is 3.87. The maximum absolute atomic E-state index is 5.92. The van der Waals surface area contributed by atoms with Crippen LogP contribution in [-0.4, -0.2) is 16.2 Å². The third kappa shape index (κ3) is 3.85. The van der Waals surface area contributed by atoms with E-state index < -0.39 is 0 Å². The summed E-state index contributed by atoms with van der Waals surface area (Å²) in [6.45, 7) is 6.14. The normalized spacial score (nSPS) is 12.3. The highest BCUT2D eigenvalue weighted by molar-refractivity contribution is 5.35. The molecule has 0 bridgehead atoms. The minimum absolute atomic E-state index is 0.546. The first-order valence-corrected chi connectivity index (χ1v) is 6.98. The first kappa shape index (κ1) is 13.7. The van der Waals surface area contributed by atoms with Crippen LogP contribution in [0.5, 0.6) is 5.75 Å². The molecule has 0 aliphatic heterocycles. The topological polar surface area (TPSA) is 27.1 Å². The highest BCUT2D eigenvalue weighted by Crippen LogP contribution is 2.28. The summed E-state index contributed by atoms with van der Waals surface area (Å²) in [6.07, 6.45) is 7.75. The molecule has 1 aromatic carbocycles. The van der Waals surface area contributed by atoms with E-state index >= 15 is 0 Å². The zero-order valence-electron chi connectivity index (χ0n) is 11.7. The van der Waals surface area contributed by atoms with Crippen molar-refractivity contribution in [2.75, 3.05) is 6.61 Å². The Morgan fingerprint density at radius 2 is 2.16 bits per heavy atom. The van der Waals surface area contributed by atoms with Crippen molar-refractivity contribution >= 4 is 0 Å². The second-order valence-corrected chi connectivity index (χ2v) is 4.85. The minimum atomic E-state index is 0.546. The summed E-state index contributed by atoms with van der Waals surface area (Å²) in [7, 11) is 0. The maximum atomic E-state index is 5.92. The Bertz CT molecular complexity index is 479. The van der Waals surface area contributed by atoms with Gasteiger partial charge in [0.15, 0.2) is 0 Å². The van der Waals surface area contributed by atoms with Crippen LogP contribution in [0.25, 0.3) is 0 Å². The lowest BCUT2D eigenvalue weighted by molar-refractivity contribution is 0.297. The van der Waals surface area contributed by atoms with E-state index in [4.69, 9.17) is 4.74 Å². The van der Waals surface area contributed by atoms with E-state index in [2.05, 4.69) is 41.6 Å². The number of aromatic nitrogens is 2. The number of para-hydroxylation sites is 1. The van der Waals surface area contributed by atoms with Crippen LogP contribution < -0.4 is 4.74 Å². The average Bonchev–Trinajstić information content (AvgIpc) is 2.96. The molecule has 0 aliphatic carbocycles. The average molecular weight is 258 g/mol. The molecule has 2 aromatic rings. The predicted molar refractivity (Wildman–Crippen MR) is 77.5 cm³/mol. The molecule has 0 unspecified atom stereocenters. The molecule has 0 saturated carbocycles. The molecule has 2 rings (SSSR count). The van der Waals surface area contributed by atoms with Gasteiger partial charge in [0.05, 0.1) is 12.9 Å². The summed E-state index contributed by atoms with van der Waals surface area (Å²) in [4.78, 5) is 4.03. The summed E-state index contributed by atoms with van der Waals surface area (Å²) >= 11 is 0. The second-order valence-electron chi connectivity index (χ2n) is 4.85. The Morgan fingerprint density at radius 3 is 2.89 bits per heavy atom. The van der Waals surface area contributed by atoms with Gasteiger partial charge in [-0.05, 0) is 30.4 Å². The fourth-order valence-electron chi connectivity index (χ4n) is 2.09. The zero-order chi connectivity index (χ0) is 13.5. The van der Waals surface area contributed by atoms with Crippen LogP contribution in [0.1, 0.15) is 38.2 Å². The molecule has 102 valence electrons. The van der Waals surface area contributed by atoms with Crippen LogP contribution in [0.4, 0.5) is 0 Å². The smallest absolute Gasteiger partial charge is 0.122 e. The van der Waals surface area contributed by atoms with Gasteiger partial charge in [-0.3, -0.25) is 0 Å². The molecule has 0 aliphatic rings. The summed E-state index contributed by atoms with van der Waals surface area (Å²) in [5.41, 5.74) is 1.31. The van der Waals surface area contributed by atoms with Crippen LogP contribution >= 0.6 is 0 Å². The summed E-state index contributed by atoms with van der Waals surface area (Å²) in [5, 5.41) is 0. The SMILES string of the molecule is CC[C@H](C)c1ccccc1OCCCn1ccnc1. The highest BCUT2D eigenvalue weighted by atomic mass is 16.5. The Morgan fingerprint density at radius 1 is 1.32 bits per heavy atom. The standard InChI is InChI=1S/C16H22N2O/c1-3-14(2)15-7-4-5-8-16(15)19-12-6-10-18-11-9-17-13-18/h4-5,7-9,11,13-14H,3,6,10,12H2,1-2H3/t14-/m0/s1. The van der Waals surface area contributed by atoms with Gasteiger partial charge in [0.1, 0.15) is 5.75 Å². The molecule has 1 aromatic heterocycles. The van der Waals surface area contributed by atoms with E-state index in [1.54, 1.807) is 6.20 Å². The van der Waals surface area contributed by atoms with Crippen LogP contribution in [0, 0.1) is 0 Å². The molecular weight excluding hydrogens is 236 g/mol. The Balaban J connectivity index is 1.85. The van der Waals surface area contributed by atoms with Crippen molar-refractivity contribution in [1.82, 2.24) is 9.55 Å². The van der Waals surface area contributed by atoms with Gasteiger partial charge in [0.2, 0.25) is 0 Å². The van der Waals surface area contributed by atoms with Crippen molar-refractivity contribution in [3.63, 3.8) is 0 Å². The lowest BCUT2D eigenvalue weighted by atomic mass is 9.98. The van der Waals surface area contributed by atoms with Crippen LogP contribution in [-0.2, 0) is 6.54 Å². The number of imidazole rings is 1. The van der Waals surface area contributed by atoms with Crippen molar-refractivity contribution in [1.29, 1.82) is 0 Å². The van der Waals surface area contributed by atoms with E-state index in [1.165, 1.54) is 5.56 Å². The number of hydrogen-bond acceptors (Lipinski definition) is 2. The largest absolute Gasteiger partial charge is 0.493 e. The molecule has 1 heterocycles. The first-order chi connectivity index (χ1) is 9.31. The third-order valence-corrected chi connectivity index (χ3v) is 3.44. The van der Waals surface area contributed by atoms with Gasteiger partial charge in [-0.25, -0.2) is 4.98 Å². The number of nitrogens with zero attached hydrogens (tertiary/aromatic N) is 2. The quantitative estimate of drug-likeness (QED) is 0.705. The van der Waals surface area contributed by atoms with Crippen molar-refractivity contribution in [2.24, 2.45) is 0 Å². The van der Waals surface area contributed by atoms with E-state index in [-0.39, 0.29) is 0 Å². The van der Waals surface area contributed by atoms with Crippen LogP contribution in [0.15, 0.2) is 43.0 Å². The maximum Gasteiger partial charge on any atom is 0.122 e. The van der Waals surface area contributed by atoms with E-state index in [9.17, 15) is 0 Å². The van der Waals surface area contributed by atoms with Crippen molar-refractivity contribution in [3.8, 4) is 5.75 Å². The van der Waals surface area contributed by atoms with Crippen molar-refractivity contribution in [3.05, 3.63) is 48.5 Å². The molecule has 0 spiro atoms. The molecule has 3 nitrogen and oxygen atoms in total. The number of benzene rings is 1. The molecule has 3 heteroatoms. The molecule has 19 heavy (non-hydrogen) atoms. The van der Waals surface area contributed by atoms with E-state index in [1.807, 2.05) is 18.6 Å². The third-order valence-electron chi connectivity index (χ3n) is 3.44. The fourth-order valence-corrected chi connectivity index (χ4v) is 2.09. The number of aryl methyl sites for hydroxylation is 1. The Kier molecular flexibility index (Phi) is 5.01. The number of rotatable bonds is 7. The lowest BCUT2D eigenvalue weighted by Crippen LogP contribution is -2.05. The molecule has 1 atom stereocenters. The summed E-state index contributed by atoms with van der Waals surface area (Å²) in [5.74, 6) is 1.58. The fraction of sp³-hybridized carbons (Fsp3) is 0.438. The van der Waals surface area contributed by atoms with Crippen molar-refractivity contribution in [2.45, 2.75) is 39.2 Å². The van der Waals surface area contributed by atoms with Gasteiger partial charge in [-0.15, -0.1) is 0 Å².